The van der Waals surface area contributed by atoms with Gasteiger partial charge in [0.05, 0.1) is 7.11 Å². The largest absolute Gasteiger partial charge is 0.694 e. The van der Waals surface area contributed by atoms with Gasteiger partial charge in [-0.05, 0) is 0 Å². The van der Waals surface area contributed by atoms with Crippen molar-refractivity contribution in [1.82, 2.24) is 0 Å². The standard InChI is InChI=1S/C14H30.CH3O3P/c1-3-5-7-9-11-13-14-12-10-8-6-4-2;1-4-5(2)3/h3-14H2,1-2H3;1H3/p+1. The van der Waals surface area contributed by atoms with Crippen LogP contribution in [0.1, 0.15) is 90.9 Å². The second kappa shape index (κ2) is 20.3. The number of hydrogen-bond acceptors (Lipinski definition) is 2. The molecule has 0 amide bonds. The summed E-state index contributed by atoms with van der Waals surface area (Å²) >= 11 is 0. The van der Waals surface area contributed by atoms with Crippen molar-refractivity contribution in [1.29, 1.82) is 0 Å². The molecule has 0 heterocycles. The van der Waals surface area contributed by atoms with Crippen molar-refractivity contribution < 1.29 is 14.0 Å². The van der Waals surface area contributed by atoms with Crippen LogP contribution in [0.4, 0.5) is 0 Å². The zero-order chi connectivity index (χ0) is 14.8. The Bertz CT molecular complexity index is 163. The molecule has 1 atom stereocenters. The van der Waals surface area contributed by atoms with E-state index >= 15 is 0 Å². The molecular weight excluding hydrogens is 259 g/mol. The third kappa shape index (κ3) is 27.3. The predicted molar refractivity (Wildman–Crippen MR) is 83.6 cm³/mol. The van der Waals surface area contributed by atoms with Crippen LogP contribution in [0.15, 0.2) is 0 Å². The first-order valence-corrected chi connectivity index (χ1v) is 9.02. The Hall–Kier alpha value is 0.0200. The Morgan fingerprint density at radius 2 is 0.947 bits per heavy atom. The molecule has 0 spiro atoms. The quantitative estimate of drug-likeness (QED) is 0.355. The Morgan fingerprint density at radius 3 is 1.11 bits per heavy atom. The summed E-state index contributed by atoms with van der Waals surface area (Å²) in [5.41, 5.74) is 0. The van der Waals surface area contributed by atoms with Gasteiger partial charge >= 0.3 is 8.25 Å². The molecule has 0 saturated heterocycles. The van der Waals surface area contributed by atoms with E-state index in [1.807, 2.05) is 0 Å². The highest BCUT2D eigenvalue weighted by atomic mass is 31.1. The fourth-order valence-corrected chi connectivity index (χ4v) is 1.91. The highest BCUT2D eigenvalue weighted by Crippen LogP contribution is 2.11. The third-order valence-electron chi connectivity index (χ3n) is 3.11. The van der Waals surface area contributed by atoms with E-state index in [9.17, 15) is 4.57 Å². The second-order valence-corrected chi connectivity index (χ2v) is 5.80. The van der Waals surface area contributed by atoms with Crippen LogP contribution >= 0.6 is 8.25 Å². The summed E-state index contributed by atoms with van der Waals surface area (Å²) in [5, 5.41) is 0. The van der Waals surface area contributed by atoms with Gasteiger partial charge in [-0.2, -0.15) is 0 Å². The smallest absolute Gasteiger partial charge is 0.133 e. The van der Waals surface area contributed by atoms with Crippen LogP contribution in [0.2, 0.25) is 0 Å². The first-order valence-electron chi connectivity index (χ1n) is 7.89. The SMILES string of the molecule is CCCCCCCCCCCCCC.CO[P+](=O)O. The summed E-state index contributed by atoms with van der Waals surface area (Å²) in [6.07, 6.45) is 17.4. The molecule has 19 heavy (non-hydrogen) atoms. The first kappa shape index (κ1) is 21.3. The average Bonchev–Trinajstić information content (AvgIpc) is 2.41. The Labute approximate surface area is 121 Å². The van der Waals surface area contributed by atoms with E-state index in [2.05, 4.69) is 18.4 Å². The Kier molecular flexibility index (Phi) is 22.8. The predicted octanol–water partition coefficient (Wildman–Crippen LogP) is 5.99. The fraction of sp³-hybridized carbons (Fsp3) is 1.00. The molecule has 0 aliphatic heterocycles. The van der Waals surface area contributed by atoms with Crippen molar-refractivity contribution in [3.8, 4) is 0 Å². The highest BCUT2D eigenvalue weighted by molar-refractivity contribution is 7.32. The van der Waals surface area contributed by atoms with Gasteiger partial charge in [0.2, 0.25) is 0 Å². The summed E-state index contributed by atoms with van der Waals surface area (Å²) in [7, 11) is -1.18. The summed E-state index contributed by atoms with van der Waals surface area (Å²) < 4.78 is 13.1. The van der Waals surface area contributed by atoms with Crippen molar-refractivity contribution in [2.45, 2.75) is 90.9 Å². The molecule has 4 heteroatoms. The van der Waals surface area contributed by atoms with Gasteiger partial charge in [0.25, 0.3) is 0 Å². The van der Waals surface area contributed by atoms with E-state index < -0.39 is 8.25 Å². The monoisotopic (exact) mass is 293 g/mol. The lowest BCUT2D eigenvalue weighted by molar-refractivity contribution is 0.343. The molecule has 0 rings (SSSR count). The zero-order valence-corrected chi connectivity index (χ0v) is 14.1. The van der Waals surface area contributed by atoms with Crippen LogP contribution in [0.5, 0.6) is 0 Å². The van der Waals surface area contributed by atoms with E-state index in [1.165, 1.54) is 84.2 Å². The molecule has 0 aliphatic rings. The van der Waals surface area contributed by atoms with Gasteiger partial charge in [-0.25, -0.2) is 0 Å². The van der Waals surface area contributed by atoms with Gasteiger partial charge in [0, 0.05) is 4.57 Å². The van der Waals surface area contributed by atoms with Crippen molar-refractivity contribution in [2.24, 2.45) is 0 Å². The van der Waals surface area contributed by atoms with Gasteiger partial charge in [-0.15, -0.1) is 9.42 Å². The van der Waals surface area contributed by atoms with Gasteiger partial charge in [-0.3, -0.25) is 0 Å². The maximum atomic E-state index is 9.29. The average molecular weight is 293 g/mol. The number of unbranched alkanes of at least 4 members (excludes halogenated alkanes) is 11. The van der Waals surface area contributed by atoms with E-state index in [0.29, 0.717) is 0 Å². The minimum absolute atomic E-state index is 1.17. The topological polar surface area (TPSA) is 46.5 Å². The van der Waals surface area contributed by atoms with E-state index in [1.54, 1.807) is 0 Å². The van der Waals surface area contributed by atoms with Gasteiger partial charge in [0.15, 0.2) is 0 Å². The summed E-state index contributed by atoms with van der Waals surface area (Å²) in [4.78, 5) is 7.65. The molecule has 0 aromatic heterocycles. The summed E-state index contributed by atoms with van der Waals surface area (Å²) in [6, 6.07) is 0. The minimum Gasteiger partial charge on any atom is -0.133 e. The molecular formula is C15H34O3P+. The molecule has 0 bridgehead atoms. The van der Waals surface area contributed by atoms with Crippen molar-refractivity contribution in [3.05, 3.63) is 0 Å². The van der Waals surface area contributed by atoms with Crippen LogP contribution in [0, 0.1) is 0 Å². The van der Waals surface area contributed by atoms with Gasteiger partial charge in [0.1, 0.15) is 0 Å². The van der Waals surface area contributed by atoms with Gasteiger partial charge < -0.3 is 0 Å². The molecule has 116 valence electrons. The van der Waals surface area contributed by atoms with Crippen LogP contribution in [-0.4, -0.2) is 12.0 Å². The maximum Gasteiger partial charge on any atom is 0.694 e. The molecule has 1 N–H and O–H groups in total. The first-order chi connectivity index (χ1) is 9.18. The van der Waals surface area contributed by atoms with Crippen LogP contribution in [0.3, 0.4) is 0 Å². The molecule has 1 unspecified atom stereocenters. The maximum absolute atomic E-state index is 9.29. The molecule has 0 saturated carbocycles. The minimum atomic E-state index is -2.35. The molecule has 0 aromatic rings. The molecule has 0 aromatic carbocycles. The normalized spacial score (nSPS) is 10.8. The molecule has 0 radical (unpaired) electrons. The van der Waals surface area contributed by atoms with Crippen LogP contribution < -0.4 is 0 Å². The lowest BCUT2D eigenvalue weighted by Gasteiger charge is -2.01. The number of hydrogen-bond donors (Lipinski definition) is 1. The molecule has 0 aliphatic carbocycles. The molecule has 0 fully saturated rings. The van der Waals surface area contributed by atoms with Crippen molar-refractivity contribution in [2.75, 3.05) is 7.11 Å². The third-order valence-corrected chi connectivity index (χ3v) is 3.43. The zero-order valence-electron chi connectivity index (χ0n) is 13.2. The molecule has 3 nitrogen and oxygen atoms in total. The number of rotatable bonds is 12. The fourth-order valence-electron chi connectivity index (χ4n) is 1.91. The van der Waals surface area contributed by atoms with E-state index in [0.717, 1.165) is 0 Å². The lowest BCUT2D eigenvalue weighted by Crippen LogP contribution is -1.81. The second-order valence-electron chi connectivity index (χ2n) is 4.96. The van der Waals surface area contributed by atoms with Crippen molar-refractivity contribution >= 4 is 8.25 Å². The Morgan fingerprint density at radius 1 is 0.737 bits per heavy atom. The van der Waals surface area contributed by atoms with Crippen molar-refractivity contribution in [3.63, 3.8) is 0 Å². The van der Waals surface area contributed by atoms with Crippen LogP contribution in [0.25, 0.3) is 0 Å². The Balaban J connectivity index is 0. The summed E-state index contributed by atoms with van der Waals surface area (Å²) in [5.74, 6) is 0. The van der Waals surface area contributed by atoms with Crippen LogP contribution in [-0.2, 0) is 9.09 Å². The highest BCUT2D eigenvalue weighted by Gasteiger charge is 2.02. The van der Waals surface area contributed by atoms with E-state index in [4.69, 9.17) is 4.89 Å². The lowest BCUT2D eigenvalue weighted by atomic mass is 10.1. The van der Waals surface area contributed by atoms with Gasteiger partial charge in [-0.1, -0.05) is 90.9 Å². The van der Waals surface area contributed by atoms with E-state index in [-0.39, 0.29) is 0 Å². The summed E-state index contributed by atoms with van der Waals surface area (Å²) in [6.45, 7) is 4.57.